The second-order valence-electron chi connectivity index (χ2n) is 7.58. The molecule has 25 heavy (non-hydrogen) atoms. The number of aromatic nitrogens is 2. The smallest absolute Gasteiger partial charge is 0.224 e. The van der Waals surface area contributed by atoms with Gasteiger partial charge in [0.05, 0.1) is 18.2 Å². The molecule has 1 N–H and O–H groups in total. The summed E-state index contributed by atoms with van der Waals surface area (Å²) in [5.74, 6) is 0.303. The van der Waals surface area contributed by atoms with Gasteiger partial charge in [0.1, 0.15) is 6.10 Å². The molecule has 0 bridgehead atoms. The zero-order chi connectivity index (χ0) is 17.6. The molecule has 3 atom stereocenters. The van der Waals surface area contributed by atoms with E-state index in [1.807, 2.05) is 24.1 Å². The van der Waals surface area contributed by atoms with Crippen molar-refractivity contribution in [3.8, 4) is 0 Å². The van der Waals surface area contributed by atoms with Crippen LogP contribution in [0.25, 0.3) is 0 Å². The molecule has 6 heteroatoms. The van der Waals surface area contributed by atoms with E-state index in [4.69, 9.17) is 4.74 Å². The Balaban J connectivity index is 1.47. The zero-order valence-corrected chi connectivity index (χ0v) is 15.6. The normalized spacial score (nSPS) is 26.2. The summed E-state index contributed by atoms with van der Waals surface area (Å²) in [5, 5.41) is 3.66. The maximum Gasteiger partial charge on any atom is 0.224 e. The van der Waals surface area contributed by atoms with Crippen molar-refractivity contribution in [2.45, 2.75) is 70.1 Å². The van der Waals surface area contributed by atoms with Gasteiger partial charge in [-0.25, -0.2) is 4.98 Å². The summed E-state index contributed by atoms with van der Waals surface area (Å²) in [6.45, 7) is 4.75. The highest BCUT2D eigenvalue weighted by molar-refractivity contribution is 5.76. The van der Waals surface area contributed by atoms with Gasteiger partial charge in [-0.15, -0.1) is 0 Å². The highest BCUT2D eigenvalue weighted by Crippen LogP contribution is 2.28. The van der Waals surface area contributed by atoms with Gasteiger partial charge < -0.3 is 19.5 Å². The molecule has 2 aliphatic heterocycles. The van der Waals surface area contributed by atoms with Crippen LogP contribution in [0, 0.1) is 0 Å². The number of hydrogen-bond donors (Lipinski definition) is 1. The highest BCUT2D eigenvalue weighted by atomic mass is 16.5. The van der Waals surface area contributed by atoms with E-state index >= 15 is 0 Å². The fourth-order valence-electron chi connectivity index (χ4n) is 4.00. The summed E-state index contributed by atoms with van der Waals surface area (Å²) in [4.78, 5) is 18.8. The van der Waals surface area contributed by atoms with Gasteiger partial charge in [-0.1, -0.05) is 12.8 Å². The van der Waals surface area contributed by atoms with E-state index in [2.05, 4.69) is 22.1 Å². The average molecular weight is 348 g/mol. The lowest BCUT2D eigenvalue weighted by Gasteiger charge is -2.32. The van der Waals surface area contributed by atoms with E-state index in [1.54, 1.807) is 0 Å². The molecule has 140 valence electrons. The third kappa shape index (κ3) is 5.05. The zero-order valence-electron chi connectivity index (χ0n) is 15.6. The van der Waals surface area contributed by atoms with Gasteiger partial charge in [0.25, 0.3) is 0 Å². The van der Waals surface area contributed by atoms with Crippen molar-refractivity contribution in [1.29, 1.82) is 0 Å². The van der Waals surface area contributed by atoms with Crippen LogP contribution in [0.4, 0.5) is 0 Å². The molecule has 6 nitrogen and oxygen atoms in total. The van der Waals surface area contributed by atoms with Crippen molar-refractivity contribution in [2.24, 2.45) is 7.05 Å². The third-order valence-electron chi connectivity index (χ3n) is 5.43. The van der Waals surface area contributed by atoms with Crippen molar-refractivity contribution in [1.82, 2.24) is 19.8 Å². The fraction of sp³-hybridized carbons (Fsp3) is 0.789. The number of amides is 1. The molecule has 0 radical (unpaired) electrons. The van der Waals surface area contributed by atoms with Crippen LogP contribution >= 0.6 is 0 Å². The number of rotatable bonds is 5. The molecular weight excluding hydrogens is 316 g/mol. The number of imidazole rings is 1. The van der Waals surface area contributed by atoms with E-state index in [0.717, 1.165) is 51.1 Å². The minimum absolute atomic E-state index is 0.0901. The van der Waals surface area contributed by atoms with Crippen LogP contribution in [0.1, 0.15) is 63.7 Å². The first-order valence-corrected chi connectivity index (χ1v) is 9.75. The second kappa shape index (κ2) is 8.81. The molecule has 2 fully saturated rings. The fourth-order valence-corrected chi connectivity index (χ4v) is 4.00. The summed E-state index contributed by atoms with van der Waals surface area (Å²) >= 11 is 0. The summed E-state index contributed by atoms with van der Waals surface area (Å²) in [7, 11) is 2.01. The molecule has 1 amide bonds. The molecule has 3 rings (SSSR count). The largest absolute Gasteiger partial charge is 0.372 e. The average Bonchev–Trinajstić information content (AvgIpc) is 2.84. The van der Waals surface area contributed by atoms with Gasteiger partial charge in [0.15, 0.2) is 0 Å². The van der Waals surface area contributed by atoms with E-state index in [-0.39, 0.29) is 12.1 Å². The number of hydrogen-bond acceptors (Lipinski definition) is 4. The minimum atomic E-state index is 0.0901. The van der Waals surface area contributed by atoms with E-state index in [1.165, 1.54) is 12.8 Å². The van der Waals surface area contributed by atoms with Gasteiger partial charge >= 0.3 is 0 Å². The van der Waals surface area contributed by atoms with Gasteiger partial charge in [0, 0.05) is 45.2 Å². The maximum absolute atomic E-state index is 12.5. The van der Waals surface area contributed by atoms with Crippen molar-refractivity contribution < 1.29 is 9.53 Å². The standard InChI is InChI=1S/C19H32N4O2/c1-15(11-19(24)23-8-5-3-4-6-9-23)21-16-7-10-25-18(12-16)17-13-20-14-22(17)2/h13-16,18,21H,3-12H2,1-2H3. The second-order valence-corrected chi connectivity index (χ2v) is 7.58. The van der Waals surface area contributed by atoms with Crippen molar-refractivity contribution >= 4 is 5.91 Å². The summed E-state index contributed by atoms with van der Waals surface area (Å²) in [6.07, 6.45) is 11.1. The van der Waals surface area contributed by atoms with Gasteiger partial charge in [-0.2, -0.15) is 0 Å². The topological polar surface area (TPSA) is 59.4 Å². The minimum Gasteiger partial charge on any atom is -0.372 e. The molecule has 0 aliphatic carbocycles. The van der Waals surface area contributed by atoms with Gasteiger partial charge in [-0.05, 0) is 32.6 Å². The van der Waals surface area contributed by atoms with E-state index in [0.29, 0.717) is 18.4 Å². The van der Waals surface area contributed by atoms with Crippen LogP contribution in [0.15, 0.2) is 12.5 Å². The number of aryl methyl sites for hydroxylation is 1. The first-order valence-electron chi connectivity index (χ1n) is 9.75. The number of likely N-dealkylation sites (tertiary alicyclic amines) is 1. The summed E-state index contributed by atoms with van der Waals surface area (Å²) < 4.78 is 7.96. The summed E-state index contributed by atoms with van der Waals surface area (Å²) in [6, 6.07) is 0.589. The predicted molar refractivity (Wildman–Crippen MR) is 97.2 cm³/mol. The molecule has 2 aliphatic rings. The van der Waals surface area contributed by atoms with Crippen molar-refractivity contribution in [2.75, 3.05) is 19.7 Å². The quantitative estimate of drug-likeness (QED) is 0.888. The highest BCUT2D eigenvalue weighted by Gasteiger charge is 2.27. The Morgan fingerprint density at radius 3 is 2.80 bits per heavy atom. The SMILES string of the molecule is CC(CC(=O)N1CCCCCC1)NC1CCOC(c2cncn2C)C1. The van der Waals surface area contributed by atoms with Crippen LogP contribution in [0.3, 0.4) is 0 Å². The van der Waals surface area contributed by atoms with Crippen LogP contribution in [-0.4, -0.2) is 52.1 Å². The third-order valence-corrected chi connectivity index (χ3v) is 5.43. The van der Waals surface area contributed by atoms with Crippen LogP contribution in [0.5, 0.6) is 0 Å². The van der Waals surface area contributed by atoms with Crippen LogP contribution in [-0.2, 0) is 16.6 Å². The number of nitrogens with one attached hydrogen (secondary N) is 1. The molecule has 0 spiro atoms. The van der Waals surface area contributed by atoms with Crippen LogP contribution in [0.2, 0.25) is 0 Å². The van der Waals surface area contributed by atoms with Gasteiger partial charge in [-0.3, -0.25) is 4.79 Å². The maximum atomic E-state index is 12.5. The molecule has 1 aromatic heterocycles. The molecule has 3 heterocycles. The Morgan fingerprint density at radius 1 is 1.36 bits per heavy atom. The lowest BCUT2D eigenvalue weighted by Crippen LogP contribution is -2.44. The van der Waals surface area contributed by atoms with Crippen LogP contribution < -0.4 is 5.32 Å². The Kier molecular flexibility index (Phi) is 6.48. The Morgan fingerprint density at radius 2 is 2.12 bits per heavy atom. The predicted octanol–water partition coefficient (Wildman–Crippen LogP) is 2.41. The molecule has 0 aromatic carbocycles. The lowest BCUT2D eigenvalue weighted by molar-refractivity contribution is -0.131. The molecule has 3 unspecified atom stereocenters. The van der Waals surface area contributed by atoms with Gasteiger partial charge in [0.2, 0.25) is 5.91 Å². The first-order chi connectivity index (χ1) is 12.1. The number of carbonyl (C=O) groups excluding carboxylic acids is 1. The number of nitrogens with zero attached hydrogens (tertiary/aromatic N) is 3. The van der Waals surface area contributed by atoms with E-state index in [9.17, 15) is 4.79 Å². The molecular formula is C19H32N4O2. The molecule has 1 aromatic rings. The van der Waals surface area contributed by atoms with Crippen molar-refractivity contribution in [3.63, 3.8) is 0 Å². The first kappa shape index (κ1) is 18.4. The Labute approximate surface area is 150 Å². The molecule has 2 saturated heterocycles. The molecule has 0 saturated carbocycles. The number of ether oxygens (including phenoxy) is 1. The van der Waals surface area contributed by atoms with E-state index < -0.39 is 0 Å². The Hall–Kier alpha value is -1.40. The lowest BCUT2D eigenvalue weighted by atomic mass is 10.00. The number of carbonyl (C=O) groups is 1. The monoisotopic (exact) mass is 348 g/mol. The van der Waals surface area contributed by atoms with Crippen molar-refractivity contribution in [3.05, 3.63) is 18.2 Å². The summed E-state index contributed by atoms with van der Waals surface area (Å²) in [5.41, 5.74) is 1.12. The Bertz CT molecular complexity index is 551.